The van der Waals surface area contributed by atoms with E-state index in [0.717, 1.165) is 30.2 Å². The monoisotopic (exact) mass is 431 g/mol. The number of nitrogens with zero attached hydrogens (tertiary/aromatic N) is 2. The first kappa shape index (κ1) is 22.4. The van der Waals surface area contributed by atoms with E-state index in [4.69, 9.17) is 4.74 Å². The number of nitro groups is 1. The fourth-order valence-corrected chi connectivity index (χ4v) is 4.13. The summed E-state index contributed by atoms with van der Waals surface area (Å²) >= 11 is 0. The van der Waals surface area contributed by atoms with Crippen molar-refractivity contribution in [2.45, 2.75) is 45.6 Å². The Balaban J connectivity index is 1.49. The molecule has 1 N–H and O–H groups in total. The zero-order valence-electron chi connectivity index (χ0n) is 17.5. The van der Waals surface area contributed by atoms with Gasteiger partial charge >= 0.3 is 5.97 Å². The van der Waals surface area contributed by atoms with Crippen molar-refractivity contribution in [2.75, 3.05) is 13.2 Å². The van der Waals surface area contributed by atoms with Crippen molar-refractivity contribution < 1.29 is 28.8 Å². The van der Waals surface area contributed by atoms with Crippen LogP contribution in [0.3, 0.4) is 0 Å². The Bertz CT molecular complexity index is 930. The lowest BCUT2D eigenvalue weighted by Gasteiger charge is -2.34. The van der Waals surface area contributed by atoms with Crippen LogP contribution in [0.15, 0.2) is 18.2 Å². The Labute approximate surface area is 179 Å². The summed E-state index contributed by atoms with van der Waals surface area (Å²) in [6.07, 6.45) is 2.73. The lowest BCUT2D eigenvalue weighted by Crippen LogP contribution is -2.45. The van der Waals surface area contributed by atoms with Crippen LogP contribution in [-0.2, 0) is 14.3 Å². The van der Waals surface area contributed by atoms with E-state index in [1.54, 1.807) is 0 Å². The second kappa shape index (κ2) is 9.23. The van der Waals surface area contributed by atoms with Gasteiger partial charge in [-0.25, -0.2) is 0 Å². The predicted octanol–water partition coefficient (Wildman–Crippen LogP) is 2.06. The molecule has 3 amide bonds. The minimum Gasteiger partial charge on any atom is -0.456 e. The number of amides is 3. The maximum Gasteiger partial charge on any atom is 0.308 e. The third kappa shape index (κ3) is 4.73. The largest absolute Gasteiger partial charge is 0.456 e. The lowest BCUT2D eigenvalue weighted by atomic mass is 9.78. The van der Waals surface area contributed by atoms with Gasteiger partial charge in [-0.3, -0.25) is 34.2 Å². The minimum atomic E-state index is -0.821. The molecule has 1 aromatic carbocycles. The number of nitrogens with one attached hydrogen (secondary N) is 1. The van der Waals surface area contributed by atoms with E-state index in [-0.39, 0.29) is 30.1 Å². The van der Waals surface area contributed by atoms with Crippen molar-refractivity contribution in [1.29, 1.82) is 0 Å². The van der Waals surface area contributed by atoms with E-state index in [9.17, 15) is 29.3 Å². The van der Waals surface area contributed by atoms with Crippen molar-refractivity contribution in [3.63, 3.8) is 0 Å². The van der Waals surface area contributed by atoms with Crippen LogP contribution in [0.4, 0.5) is 5.69 Å². The molecule has 3 atom stereocenters. The summed E-state index contributed by atoms with van der Waals surface area (Å²) in [7, 11) is 0. The summed E-state index contributed by atoms with van der Waals surface area (Å²) in [4.78, 5) is 60.2. The molecule has 1 aromatic rings. The van der Waals surface area contributed by atoms with Gasteiger partial charge in [0.15, 0.2) is 6.61 Å². The summed E-state index contributed by atoms with van der Waals surface area (Å²) in [6.45, 7) is 3.51. The standard InChI is InChI=1S/C21H25N3O7/c1-12-5-3-7-15(13(12)2)22-17(25)11-31-18(26)9-10-23-20(27)14-6-4-8-16(24(29)30)19(14)21(23)28/h4,6,8,12-13,15H,3,5,7,9-11H2,1-2H3,(H,22,25)/t12-,13-,15+/m1/s1. The van der Waals surface area contributed by atoms with Crippen LogP contribution >= 0.6 is 0 Å². The molecular formula is C21H25N3O7. The lowest BCUT2D eigenvalue weighted by molar-refractivity contribution is -0.385. The molecule has 0 spiro atoms. The van der Waals surface area contributed by atoms with Crippen LogP contribution in [0.25, 0.3) is 0 Å². The van der Waals surface area contributed by atoms with Gasteiger partial charge in [0.05, 0.1) is 16.9 Å². The molecule has 2 aliphatic rings. The number of nitro benzene ring substituents is 1. The Kier molecular flexibility index (Phi) is 6.67. The molecule has 0 unspecified atom stereocenters. The van der Waals surface area contributed by atoms with Gasteiger partial charge < -0.3 is 10.1 Å². The van der Waals surface area contributed by atoms with E-state index >= 15 is 0 Å². The number of carbonyl (C=O) groups is 4. The molecule has 1 aliphatic carbocycles. The second-order valence-corrected chi connectivity index (χ2v) is 8.07. The predicted molar refractivity (Wildman–Crippen MR) is 108 cm³/mol. The number of ether oxygens (including phenoxy) is 1. The van der Waals surface area contributed by atoms with Gasteiger partial charge in [0, 0.05) is 18.7 Å². The van der Waals surface area contributed by atoms with E-state index in [1.165, 1.54) is 12.1 Å². The third-order valence-electron chi connectivity index (χ3n) is 6.13. The average molecular weight is 431 g/mol. The quantitative estimate of drug-likeness (QED) is 0.302. The summed E-state index contributed by atoms with van der Waals surface area (Å²) < 4.78 is 4.97. The zero-order chi connectivity index (χ0) is 22.7. The van der Waals surface area contributed by atoms with Crippen molar-refractivity contribution in [3.05, 3.63) is 39.4 Å². The van der Waals surface area contributed by atoms with Crippen molar-refractivity contribution in [1.82, 2.24) is 10.2 Å². The fourth-order valence-electron chi connectivity index (χ4n) is 4.13. The summed E-state index contributed by atoms with van der Waals surface area (Å²) in [5.41, 5.74) is -0.798. The van der Waals surface area contributed by atoms with Crippen molar-refractivity contribution in [2.24, 2.45) is 11.8 Å². The Morgan fingerprint density at radius 3 is 2.68 bits per heavy atom. The maximum atomic E-state index is 12.5. The highest BCUT2D eigenvalue weighted by atomic mass is 16.6. The molecule has 1 heterocycles. The van der Waals surface area contributed by atoms with Crippen LogP contribution in [0.2, 0.25) is 0 Å². The highest BCUT2D eigenvalue weighted by Crippen LogP contribution is 2.31. The third-order valence-corrected chi connectivity index (χ3v) is 6.13. The SMILES string of the molecule is C[C@@H]1[C@H](C)CCC[C@@H]1NC(=O)COC(=O)CCN1C(=O)c2cccc([N+](=O)[O-])c2C1=O. The highest BCUT2D eigenvalue weighted by molar-refractivity contribution is 6.23. The van der Waals surface area contributed by atoms with Crippen molar-refractivity contribution >= 4 is 29.4 Å². The summed E-state index contributed by atoms with van der Waals surface area (Å²) in [5.74, 6) is -1.81. The number of esters is 1. The van der Waals surface area contributed by atoms with Gasteiger partial charge in [-0.1, -0.05) is 32.8 Å². The van der Waals surface area contributed by atoms with Crippen LogP contribution < -0.4 is 5.32 Å². The van der Waals surface area contributed by atoms with Crippen molar-refractivity contribution in [3.8, 4) is 0 Å². The topological polar surface area (TPSA) is 136 Å². The number of fused-ring (bicyclic) bond motifs is 1. The number of benzene rings is 1. The van der Waals surface area contributed by atoms with Gasteiger partial charge in [0.1, 0.15) is 5.56 Å². The number of carbonyl (C=O) groups excluding carboxylic acids is 4. The molecule has 0 aromatic heterocycles. The molecule has 0 bridgehead atoms. The van der Waals surface area contributed by atoms with Crippen LogP contribution in [0, 0.1) is 22.0 Å². The molecule has 166 valence electrons. The molecule has 10 heteroatoms. The van der Waals surface area contributed by atoms with E-state index in [1.807, 2.05) is 0 Å². The normalized spacial score (nSPS) is 22.8. The smallest absolute Gasteiger partial charge is 0.308 e. The van der Waals surface area contributed by atoms with E-state index in [0.29, 0.717) is 11.8 Å². The van der Waals surface area contributed by atoms with Gasteiger partial charge in [0.25, 0.3) is 23.4 Å². The molecule has 3 rings (SSSR count). The highest BCUT2D eigenvalue weighted by Gasteiger charge is 2.40. The van der Waals surface area contributed by atoms with Gasteiger partial charge in [-0.05, 0) is 24.3 Å². The number of hydrogen-bond donors (Lipinski definition) is 1. The van der Waals surface area contributed by atoms with Crippen LogP contribution in [0.1, 0.15) is 60.2 Å². The Hall–Kier alpha value is -3.30. The first-order valence-electron chi connectivity index (χ1n) is 10.3. The van der Waals surface area contributed by atoms with Gasteiger partial charge in [-0.15, -0.1) is 0 Å². The van der Waals surface area contributed by atoms with E-state index < -0.39 is 40.9 Å². The molecule has 0 radical (unpaired) electrons. The number of hydrogen-bond acceptors (Lipinski definition) is 7. The zero-order valence-corrected chi connectivity index (χ0v) is 17.5. The molecule has 1 saturated carbocycles. The summed E-state index contributed by atoms with van der Waals surface area (Å²) in [5, 5.41) is 14.0. The Morgan fingerprint density at radius 2 is 1.97 bits per heavy atom. The molecule has 1 aliphatic heterocycles. The molecular weight excluding hydrogens is 406 g/mol. The first-order chi connectivity index (χ1) is 14.7. The first-order valence-corrected chi connectivity index (χ1v) is 10.3. The number of imide groups is 1. The summed E-state index contributed by atoms with van der Waals surface area (Å²) in [6, 6.07) is 3.85. The molecule has 1 fully saturated rings. The number of rotatable bonds is 7. The Morgan fingerprint density at radius 1 is 1.23 bits per heavy atom. The molecule has 10 nitrogen and oxygen atoms in total. The molecule has 31 heavy (non-hydrogen) atoms. The van der Waals surface area contributed by atoms with Crippen LogP contribution in [-0.4, -0.2) is 52.7 Å². The van der Waals surface area contributed by atoms with Crippen LogP contribution in [0.5, 0.6) is 0 Å². The van der Waals surface area contributed by atoms with Gasteiger partial charge in [-0.2, -0.15) is 0 Å². The minimum absolute atomic E-state index is 0.0455. The average Bonchev–Trinajstić information content (AvgIpc) is 2.98. The fraction of sp³-hybridized carbons (Fsp3) is 0.524. The van der Waals surface area contributed by atoms with E-state index in [2.05, 4.69) is 19.2 Å². The second-order valence-electron chi connectivity index (χ2n) is 8.07. The maximum absolute atomic E-state index is 12.5. The molecule has 0 saturated heterocycles. The van der Waals surface area contributed by atoms with Gasteiger partial charge in [0.2, 0.25) is 0 Å².